The number of aromatic nitrogens is 2. The van der Waals surface area contributed by atoms with Crippen LogP contribution < -0.4 is 10.5 Å². The fourth-order valence-electron chi connectivity index (χ4n) is 2.40. The molecule has 0 saturated heterocycles. The van der Waals surface area contributed by atoms with Crippen molar-refractivity contribution in [3.8, 4) is 17.0 Å². The van der Waals surface area contributed by atoms with Gasteiger partial charge in [-0.3, -0.25) is 4.68 Å². The molecule has 1 heterocycles. The smallest absolute Gasteiger partial charge is 0.128 e. The van der Waals surface area contributed by atoms with Crippen LogP contribution in [0.5, 0.6) is 5.75 Å². The van der Waals surface area contributed by atoms with E-state index in [2.05, 4.69) is 38.0 Å². The van der Waals surface area contributed by atoms with Gasteiger partial charge in [-0.2, -0.15) is 5.10 Å². The summed E-state index contributed by atoms with van der Waals surface area (Å²) in [4.78, 5) is 0. The van der Waals surface area contributed by atoms with Crippen LogP contribution in [0.2, 0.25) is 0 Å². The van der Waals surface area contributed by atoms with Gasteiger partial charge in [0.2, 0.25) is 0 Å². The van der Waals surface area contributed by atoms with E-state index in [1.165, 1.54) is 11.1 Å². The Hall–Kier alpha value is -1.81. The fourth-order valence-corrected chi connectivity index (χ4v) is 2.40. The van der Waals surface area contributed by atoms with Gasteiger partial charge in [-0.1, -0.05) is 0 Å². The molecule has 19 heavy (non-hydrogen) atoms. The second kappa shape index (κ2) is 5.05. The molecule has 0 aliphatic heterocycles. The van der Waals surface area contributed by atoms with Gasteiger partial charge in [0.1, 0.15) is 5.75 Å². The van der Waals surface area contributed by atoms with E-state index in [1.807, 2.05) is 11.7 Å². The predicted molar refractivity (Wildman–Crippen MR) is 77.3 cm³/mol. The summed E-state index contributed by atoms with van der Waals surface area (Å²) in [5.41, 5.74) is 12.4. The number of nitrogens with zero attached hydrogens (tertiary/aromatic N) is 2. The first-order valence-electron chi connectivity index (χ1n) is 6.37. The summed E-state index contributed by atoms with van der Waals surface area (Å²) in [5, 5.41) is 4.47. The van der Waals surface area contributed by atoms with E-state index >= 15 is 0 Å². The van der Waals surface area contributed by atoms with Crippen LogP contribution >= 0.6 is 0 Å². The van der Waals surface area contributed by atoms with Gasteiger partial charge in [-0.05, 0) is 49.6 Å². The standard InChI is InChI=1S/C15H21N3O/c1-9-6-12(14(19-5)7-10(9)2)15-11(3)13(8-16)17-18(15)4/h6-7H,8,16H2,1-5H3. The second-order valence-corrected chi connectivity index (χ2v) is 4.88. The third kappa shape index (κ3) is 2.24. The van der Waals surface area contributed by atoms with Gasteiger partial charge in [0, 0.05) is 19.2 Å². The van der Waals surface area contributed by atoms with Crippen molar-refractivity contribution < 1.29 is 4.74 Å². The molecule has 2 N–H and O–H groups in total. The van der Waals surface area contributed by atoms with E-state index in [1.54, 1.807) is 7.11 Å². The number of rotatable bonds is 3. The Morgan fingerprint density at radius 2 is 1.84 bits per heavy atom. The fraction of sp³-hybridized carbons (Fsp3) is 0.400. The van der Waals surface area contributed by atoms with Crippen LogP contribution in [-0.2, 0) is 13.6 Å². The average Bonchev–Trinajstić information content (AvgIpc) is 2.67. The summed E-state index contributed by atoms with van der Waals surface area (Å²) >= 11 is 0. The predicted octanol–water partition coefficient (Wildman–Crippen LogP) is 2.48. The zero-order valence-electron chi connectivity index (χ0n) is 12.2. The monoisotopic (exact) mass is 259 g/mol. The van der Waals surface area contributed by atoms with E-state index in [9.17, 15) is 0 Å². The molecule has 1 aromatic heterocycles. The Morgan fingerprint density at radius 3 is 2.37 bits per heavy atom. The SMILES string of the molecule is COc1cc(C)c(C)cc1-c1c(C)c(CN)nn1C. The van der Waals surface area contributed by atoms with Gasteiger partial charge >= 0.3 is 0 Å². The van der Waals surface area contributed by atoms with Crippen molar-refractivity contribution in [2.45, 2.75) is 27.3 Å². The van der Waals surface area contributed by atoms with E-state index in [4.69, 9.17) is 10.5 Å². The number of aryl methyl sites for hydroxylation is 3. The minimum absolute atomic E-state index is 0.451. The number of hydrogen-bond donors (Lipinski definition) is 1. The topological polar surface area (TPSA) is 53.1 Å². The van der Waals surface area contributed by atoms with Crippen molar-refractivity contribution >= 4 is 0 Å². The molecule has 0 bridgehead atoms. The normalized spacial score (nSPS) is 10.8. The first-order valence-corrected chi connectivity index (χ1v) is 6.37. The number of benzene rings is 1. The van der Waals surface area contributed by atoms with Crippen LogP contribution in [0.3, 0.4) is 0 Å². The van der Waals surface area contributed by atoms with Gasteiger partial charge in [0.15, 0.2) is 0 Å². The lowest BCUT2D eigenvalue weighted by Crippen LogP contribution is -1.99. The summed E-state index contributed by atoms with van der Waals surface area (Å²) in [5.74, 6) is 0.873. The molecule has 0 fully saturated rings. The van der Waals surface area contributed by atoms with Crippen molar-refractivity contribution in [2.75, 3.05) is 7.11 Å². The van der Waals surface area contributed by atoms with Gasteiger partial charge < -0.3 is 10.5 Å². The van der Waals surface area contributed by atoms with Crippen molar-refractivity contribution in [3.05, 3.63) is 34.5 Å². The maximum absolute atomic E-state index is 5.73. The molecule has 0 aliphatic rings. The number of methoxy groups -OCH3 is 1. The summed E-state index contributed by atoms with van der Waals surface area (Å²) in [7, 11) is 3.64. The van der Waals surface area contributed by atoms with Crippen LogP contribution in [0, 0.1) is 20.8 Å². The number of ether oxygens (including phenoxy) is 1. The number of nitrogens with two attached hydrogens (primary N) is 1. The van der Waals surface area contributed by atoms with Crippen molar-refractivity contribution in [1.29, 1.82) is 0 Å². The highest BCUT2D eigenvalue weighted by molar-refractivity contribution is 5.72. The molecule has 4 heteroatoms. The van der Waals surface area contributed by atoms with Crippen LogP contribution in [0.15, 0.2) is 12.1 Å². The maximum Gasteiger partial charge on any atom is 0.128 e. The van der Waals surface area contributed by atoms with Gasteiger partial charge in [0.25, 0.3) is 0 Å². The van der Waals surface area contributed by atoms with Crippen LogP contribution in [-0.4, -0.2) is 16.9 Å². The molecular formula is C15H21N3O. The molecule has 0 saturated carbocycles. The Bertz CT molecular complexity index is 614. The highest BCUT2D eigenvalue weighted by Crippen LogP contribution is 2.35. The number of hydrogen-bond acceptors (Lipinski definition) is 3. The third-order valence-corrected chi connectivity index (χ3v) is 3.65. The molecule has 0 radical (unpaired) electrons. The first-order chi connectivity index (χ1) is 8.99. The van der Waals surface area contributed by atoms with E-state index in [0.717, 1.165) is 28.3 Å². The molecular weight excluding hydrogens is 238 g/mol. The molecule has 0 atom stereocenters. The molecule has 0 spiro atoms. The second-order valence-electron chi connectivity index (χ2n) is 4.88. The van der Waals surface area contributed by atoms with Crippen molar-refractivity contribution in [1.82, 2.24) is 9.78 Å². The summed E-state index contributed by atoms with van der Waals surface area (Å²) in [6, 6.07) is 4.22. The molecule has 0 aliphatic carbocycles. The highest BCUT2D eigenvalue weighted by Gasteiger charge is 2.17. The lowest BCUT2D eigenvalue weighted by Gasteiger charge is -2.13. The minimum atomic E-state index is 0.451. The average molecular weight is 259 g/mol. The van der Waals surface area contributed by atoms with Crippen LogP contribution in [0.1, 0.15) is 22.4 Å². The Morgan fingerprint density at radius 1 is 1.21 bits per heavy atom. The lowest BCUT2D eigenvalue weighted by molar-refractivity contribution is 0.415. The maximum atomic E-state index is 5.73. The zero-order chi connectivity index (χ0) is 14.2. The minimum Gasteiger partial charge on any atom is -0.496 e. The largest absolute Gasteiger partial charge is 0.496 e. The van der Waals surface area contributed by atoms with E-state index < -0.39 is 0 Å². The summed E-state index contributed by atoms with van der Waals surface area (Å²) < 4.78 is 7.40. The zero-order valence-corrected chi connectivity index (χ0v) is 12.2. The van der Waals surface area contributed by atoms with Crippen molar-refractivity contribution in [3.63, 3.8) is 0 Å². The van der Waals surface area contributed by atoms with Crippen LogP contribution in [0.25, 0.3) is 11.3 Å². The third-order valence-electron chi connectivity index (χ3n) is 3.65. The highest BCUT2D eigenvalue weighted by atomic mass is 16.5. The first kappa shape index (κ1) is 13.6. The molecule has 4 nitrogen and oxygen atoms in total. The molecule has 0 amide bonds. The summed E-state index contributed by atoms with van der Waals surface area (Å²) in [6.07, 6.45) is 0. The Kier molecular flexibility index (Phi) is 3.62. The van der Waals surface area contributed by atoms with Crippen molar-refractivity contribution in [2.24, 2.45) is 12.8 Å². The van der Waals surface area contributed by atoms with Gasteiger partial charge in [-0.25, -0.2) is 0 Å². The molecule has 2 rings (SSSR count). The van der Waals surface area contributed by atoms with E-state index in [-0.39, 0.29) is 0 Å². The van der Waals surface area contributed by atoms with Gasteiger partial charge in [0.05, 0.1) is 18.5 Å². The molecule has 0 unspecified atom stereocenters. The van der Waals surface area contributed by atoms with E-state index in [0.29, 0.717) is 6.54 Å². The Balaban J connectivity index is 2.71. The molecule has 1 aromatic carbocycles. The van der Waals surface area contributed by atoms with Crippen LogP contribution in [0.4, 0.5) is 0 Å². The molecule has 2 aromatic rings. The quantitative estimate of drug-likeness (QED) is 0.921. The molecule has 102 valence electrons. The summed E-state index contributed by atoms with van der Waals surface area (Å²) in [6.45, 7) is 6.70. The Labute approximate surface area is 114 Å². The van der Waals surface area contributed by atoms with Gasteiger partial charge in [-0.15, -0.1) is 0 Å². The lowest BCUT2D eigenvalue weighted by atomic mass is 10.00.